The van der Waals surface area contributed by atoms with Crippen LogP contribution in [-0.4, -0.2) is 48.3 Å². The van der Waals surface area contributed by atoms with Crippen LogP contribution in [0.5, 0.6) is 0 Å². The van der Waals surface area contributed by atoms with E-state index in [4.69, 9.17) is 0 Å². The first-order valence-electron chi connectivity index (χ1n) is 10.2. The maximum atomic E-state index is 13.7. The Labute approximate surface area is 173 Å². The molecule has 1 aliphatic heterocycles. The van der Waals surface area contributed by atoms with E-state index >= 15 is 0 Å². The first-order valence-corrected chi connectivity index (χ1v) is 10.2. The minimum absolute atomic E-state index is 0.0629. The van der Waals surface area contributed by atoms with Crippen molar-refractivity contribution in [1.82, 2.24) is 9.80 Å². The molecule has 1 saturated heterocycles. The fourth-order valence-electron chi connectivity index (χ4n) is 4.27. The van der Waals surface area contributed by atoms with Crippen molar-refractivity contribution in [2.24, 2.45) is 0 Å². The molecule has 1 heterocycles. The van der Waals surface area contributed by atoms with Crippen LogP contribution in [0.3, 0.4) is 0 Å². The standard InChI is InChI=1S/C25H30N2O2/c1-4-23(28)27-18-15-25(16-19-27,22-12-6-5-7-13-22)24(29)26(3)17-14-21-11-9-8-10-20(21)2/h4-13H,1,14-19H2,2-3H3. The van der Waals surface area contributed by atoms with Crippen molar-refractivity contribution < 1.29 is 9.59 Å². The summed E-state index contributed by atoms with van der Waals surface area (Å²) in [5.74, 6) is 0.0787. The van der Waals surface area contributed by atoms with E-state index in [0.717, 1.165) is 12.0 Å². The average Bonchev–Trinajstić information content (AvgIpc) is 2.78. The molecule has 2 aromatic rings. The SMILES string of the molecule is C=CC(=O)N1CCC(C(=O)N(C)CCc2ccccc2C)(c2ccccc2)CC1. The lowest BCUT2D eigenvalue weighted by molar-refractivity contribution is -0.140. The molecule has 2 aromatic carbocycles. The molecule has 0 aromatic heterocycles. The van der Waals surface area contributed by atoms with Gasteiger partial charge in [-0.25, -0.2) is 0 Å². The Hall–Kier alpha value is -2.88. The third-order valence-corrected chi connectivity index (χ3v) is 6.16. The van der Waals surface area contributed by atoms with Gasteiger partial charge in [0.15, 0.2) is 0 Å². The number of carbonyl (C=O) groups excluding carboxylic acids is 2. The number of aryl methyl sites for hydroxylation is 1. The maximum absolute atomic E-state index is 13.7. The van der Waals surface area contributed by atoms with Crippen LogP contribution in [0.2, 0.25) is 0 Å². The molecule has 1 aliphatic rings. The minimum atomic E-state index is -0.584. The lowest BCUT2D eigenvalue weighted by atomic mass is 9.71. The molecule has 1 fully saturated rings. The van der Waals surface area contributed by atoms with Gasteiger partial charge in [0.25, 0.3) is 0 Å². The van der Waals surface area contributed by atoms with Crippen molar-refractivity contribution in [3.8, 4) is 0 Å². The van der Waals surface area contributed by atoms with Crippen molar-refractivity contribution in [3.05, 3.63) is 83.9 Å². The number of hydrogen-bond donors (Lipinski definition) is 0. The largest absolute Gasteiger partial charge is 0.345 e. The van der Waals surface area contributed by atoms with Crippen LogP contribution in [0, 0.1) is 6.92 Å². The Morgan fingerprint density at radius 2 is 1.69 bits per heavy atom. The molecule has 152 valence electrons. The fourth-order valence-corrected chi connectivity index (χ4v) is 4.27. The summed E-state index contributed by atoms with van der Waals surface area (Å²) in [6.07, 6.45) is 3.45. The smallest absolute Gasteiger partial charge is 0.245 e. The van der Waals surface area contributed by atoms with Crippen molar-refractivity contribution in [2.45, 2.75) is 31.6 Å². The van der Waals surface area contributed by atoms with Crippen molar-refractivity contribution in [2.75, 3.05) is 26.7 Å². The van der Waals surface area contributed by atoms with Crippen LogP contribution in [0.4, 0.5) is 0 Å². The zero-order valence-electron chi connectivity index (χ0n) is 17.4. The van der Waals surface area contributed by atoms with E-state index in [1.807, 2.05) is 54.4 Å². The predicted octanol–water partition coefficient (Wildman–Crippen LogP) is 3.74. The van der Waals surface area contributed by atoms with E-state index in [2.05, 4.69) is 25.6 Å². The predicted molar refractivity (Wildman–Crippen MR) is 117 cm³/mol. The first-order chi connectivity index (χ1) is 14.0. The molecule has 2 amide bonds. The van der Waals surface area contributed by atoms with E-state index in [9.17, 15) is 9.59 Å². The highest BCUT2D eigenvalue weighted by Gasteiger charge is 2.44. The second-order valence-electron chi connectivity index (χ2n) is 7.88. The molecule has 0 unspecified atom stereocenters. The van der Waals surface area contributed by atoms with E-state index in [1.165, 1.54) is 17.2 Å². The van der Waals surface area contributed by atoms with Gasteiger partial charge in [-0.1, -0.05) is 61.2 Å². The Balaban J connectivity index is 1.79. The lowest BCUT2D eigenvalue weighted by Gasteiger charge is -2.42. The molecule has 0 spiro atoms. The molecule has 0 radical (unpaired) electrons. The second-order valence-corrected chi connectivity index (χ2v) is 7.88. The van der Waals surface area contributed by atoms with Gasteiger partial charge in [-0.3, -0.25) is 9.59 Å². The quantitative estimate of drug-likeness (QED) is 0.705. The van der Waals surface area contributed by atoms with Crippen LogP contribution in [0.15, 0.2) is 67.3 Å². The third kappa shape index (κ3) is 4.42. The molecule has 0 bridgehead atoms. The van der Waals surface area contributed by atoms with Gasteiger partial charge in [0.2, 0.25) is 11.8 Å². The van der Waals surface area contributed by atoms with Gasteiger partial charge >= 0.3 is 0 Å². The van der Waals surface area contributed by atoms with Gasteiger partial charge in [-0.2, -0.15) is 0 Å². The Morgan fingerprint density at radius 1 is 1.07 bits per heavy atom. The molecule has 4 heteroatoms. The Bertz CT molecular complexity index is 867. The number of benzene rings is 2. The van der Waals surface area contributed by atoms with Gasteiger partial charge in [0.1, 0.15) is 0 Å². The summed E-state index contributed by atoms with van der Waals surface area (Å²) in [4.78, 5) is 29.3. The number of nitrogens with zero attached hydrogens (tertiary/aromatic N) is 2. The summed E-state index contributed by atoms with van der Waals surface area (Å²) >= 11 is 0. The summed E-state index contributed by atoms with van der Waals surface area (Å²) in [7, 11) is 1.90. The number of carbonyl (C=O) groups is 2. The normalized spacial score (nSPS) is 15.6. The number of hydrogen-bond acceptors (Lipinski definition) is 2. The van der Waals surface area contributed by atoms with Gasteiger partial charge in [0, 0.05) is 26.7 Å². The summed E-state index contributed by atoms with van der Waals surface area (Å²) in [5, 5.41) is 0. The van der Waals surface area contributed by atoms with Gasteiger partial charge < -0.3 is 9.80 Å². The Kier molecular flexibility index (Phi) is 6.53. The lowest BCUT2D eigenvalue weighted by Crippen LogP contribution is -2.53. The van der Waals surface area contributed by atoms with E-state index in [-0.39, 0.29) is 11.8 Å². The summed E-state index contributed by atoms with van der Waals surface area (Å²) in [6.45, 7) is 7.50. The molecular formula is C25H30N2O2. The molecule has 4 nitrogen and oxygen atoms in total. The zero-order chi connectivity index (χ0) is 20.9. The maximum Gasteiger partial charge on any atom is 0.245 e. The topological polar surface area (TPSA) is 40.6 Å². The summed E-state index contributed by atoms with van der Waals surface area (Å²) < 4.78 is 0. The van der Waals surface area contributed by atoms with Crippen molar-refractivity contribution >= 4 is 11.8 Å². The number of amides is 2. The molecule has 29 heavy (non-hydrogen) atoms. The number of rotatable bonds is 6. The van der Waals surface area contributed by atoms with Crippen molar-refractivity contribution in [3.63, 3.8) is 0 Å². The van der Waals surface area contributed by atoms with Crippen LogP contribution in [0.1, 0.15) is 29.5 Å². The highest BCUT2D eigenvalue weighted by Crippen LogP contribution is 2.37. The van der Waals surface area contributed by atoms with E-state index in [0.29, 0.717) is 32.5 Å². The first kappa shape index (κ1) is 20.8. The highest BCUT2D eigenvalue weighted by atomic mass is 16.2. The zero-order valence-corrected chi connectivity index (χ0v) is 17.4. The van der Waals surface area contributed by atoms with Gasteiger partial charge in [-0.15, -0.1) is 0 Å². The monoisotopic (exact) mass is 390 g/mol. The van der Waals surface area contributed by atoms with E-state index in [1.54, 1.807) is 4.90 Å². The van der Waals surface area contributed by atoms with Gasteiger partial charge in [-0.05, 0) is 49.0 Å². The average molecular weight is 391 g/mol. The number of likely N-dealkylation sites (N-methyl/N-ethyl adjacent to an activating group) is 1. The van der Waals surface area contributed by atoms with Crippen LogP contribution < -0.4 is 0 Å². The molecule has 0 atom stereocenters. The molecule has 0 saturated carbocycles. The third-order valence-electron chi connectivity index (χ3n) is 6.16. The minimum Gasteiger partial charge on any atom is -0.345 e. The molecule has 0 aliphatic carbocycles. The summed E-state index contributed by atoms with van der Waals surface area (Å²) in [5.41, 5.74) is 2.98. The van der Waals surface area contributed by atoms with Gasteiger partial charge in [0.05, 0.1) is 5.41 Å². The van der Waals surface area contributed by atoms with Crippen LogP contribution >= 0.6 is 0 Å². The molecular weight excluding hydrogens is 360 g/mol. The summed E-state index contributed by atoms with van der Waals surface area (Å²) in [6, 6.07) is 18.3. The molecule has 0 N–H and O–H groups in total. The fraction of sp³-hybridized carbons (Fsp3) is 0.360. The van der Waals surface area contributed by atoms with E-state index < -0.39 is 5.41 Å². The Morgan fingerprint density at radius 3 is 2.31 bits per heavy atom. The van der Waals surface area contributed by atoms with Crippen LogP contribution in [0.25, 0.3) is 0 Å². The number of piperidine rings is 1. The highest BCUT2D eigenvalue weighted by molar-refractivity contribution is 5.90. The molecule has 3 rings (SSSR count). The van der Waals surface area contributed by atoms with Crippen molar-refractivity contribution in [1.29, 1.82) is 0 Å². The number of likely N-dealkylation sites (tertiary alicyclic amines) is 1. The second kappa shape index (κ2) is 9.08. The van der Waals surface area contributed by atoms with Crippen LogP contribution in [-0.2, 0) is 21.4 Å².